The number of benzene rings is 1. The van der Waals surface area contributed by atoms with Crippen LogP contribution in [0.5, 0.6) is 11.8 Å². The van der Waals surface area contributed by atoms with Crippen LogP contribution in [0, 0.1) is 11.7 Å². The molecule has 2 bridgehead atoms. The number of nitrogens with two attached hydrogens (primary N) is 1. The second kappa shape index (κ2) is 7.87. The van der Waals surface area contributed by atoms with E-state index in [1.807, 2.05) is 13.8 Å². The molecular weight excluding hydrogens is 433 g/mol. The number of ether oxygens (including phenoxy) is 1. The molecule has 2 fully saturated rings. The number of hydrogen-bond acceptors (Lipinski definition) is 8. The number of aromatic nitrogens is 4. The highest BCUT2D eigenvalue weighted by Gasteiger charge is 2.45. The van der Waals surface area contributed by atoms with Crippen LogP contribution in [0.3, 0.4) is 0 Å². The Morgan fingerprint density at radius 2 is 1.97 bits per heavy atom. The lowest BCUT2D eigenvalue weighted by Crippen LogP contribution is -2.41. The summed E-state index contributed by atoms with van der Waals surface area (Å²) >= 11 is 0. The fourth-order valence-electron chi connectivity index (χ4n) is 5.61. The Labute approximate surface area is 197 Å². The van der Waals surface area contributed by atoms with Gasteiger partial charge in [-0.3, -0.25) is 0 Å². The molecule has 3 N–H and O–H groups in total. The van der Waals surface area contributed by atoms with Crippen molar-refractivity contribution < 1.29 is 9.13 Å². The van der Waals surface area contributed by atoms with Gasteiger partial charge in [-0.05, 0) is 42.0 Å². The minimum Gasteiger partial charge on any atom is -0.421 e. The molecule has 1 saturated heterocycles. The molecule has 1 saturated carbocycles. The van der Waals surface area contributed by atoms with Crippen LogP contribution in [0.4, 0.5) is 15.9 Å². The molecular formula is C25H28FN7O. The van der Waals surface area contributed by atoms with Crippen LogP contribution in [0.15, 0.2) is 24.5 Å². The zero-order valence-corrected chi connectivity index (χ0v) is 19.5. The van der Waals surface area contributed by atoms with Crippen LogP contribution >= 0.6 is 0 Å². The van der Waals surface area contributed by atoms with Crippen LogP contribution in [0.25, 0.3) is 11.1 Å². The molecule has 8 nitrogen and oxygen atoms in total. The maximum absolute atomic E-state index is 14.5. The zero-order chi connectivity index (χ0) is 23.6. The van der Waals surface area contributed by atoms with Gasteiger partial charge in [-0.15, -0.1) is 0 Å². The normalized spacial score (nSPS) is 22.3. The summed E-state index contributed by atoms with van der Waals surface area (Å²) < 4.78 is 20.6. The van der Waals surface area contributed by atoms with Gasteiger partial charge in [0.2, 0.25) is 0 Å². The largest absolute Gasteiger partial charge is 0.421 e. The number of nitrogens with one attached hydrogen (secondary N) is 1. The number of piperidine rings is 1. The van der Waals surface area contributed by atoms with Crippen molar-refractivity contribution in [1.29, 1.82) is 0 Å². The molecule has 9 heteroatoms. The smallest absolute Gasteiger partial charge is 0.324 e. The molecule has 3 aromatic rings. The highest BCUT2D eigenvalue weighted by molar-refractivity contribution is 5.88. The standard InChI is InChI=1S/C25H28FN7O/c1-12(2)23-29-9-16(10-30-23)34-25-31-21-8-17-18(5-14(26)6-20(17)28-3)22(21)24(32-25)33-11-13-4-15(33)7-19(13)27/h5-6,9-10,12-13,15,19,28H,4,7-8,11,27H2,1-3H3/t13-,15-,19-/m1/s1. The van der Waals surface area contributed by atoms with Crippen molar-refractivity contribution in [2.45, 2.75) is 51.1 Å². The van der Waals surface area contributed by atoms with Crippen molar-refractivity contribution in [3.8, 4) is 22.9 Å². The van der Waals surface area contributed by atoms with E-state index in [0.29, 0.717) is 24.1 Å². The van der Waals surface area contributed by atoms with E-state index in [1.165, 1.54) is 6.07 Å². The molecule has 1 aliphatic heterocycles. The predicted molar refractivity (Wildman–Crippen MR) is 128 cm³/mol. The Morgan fingerprint density at radius 3 is 2.62 bits per heavy atom. The number of rotatable bonds is 5. The van der Waals surface area contributed by atoms with Crippen molar-refractivity contribution in [2.24, 2.45) is 11.7 Å². The van der Waals surface area contributed by atoms with E-state index in [9.17, 15) is 4.39 Å². The highest BCUT2D eigenvalue weighted by atomic mass is 19.1. The monoisotopic (exact) mass is 461 g/mol. The first kappa shape index (κ1) is 21.2. The third-order valence-electron chi connectivity index (χ3n) is 7.28. The predicted octanol–water partition coefficient (Wildman–Crippen LogP) is 3.86. The van der Waals surface area contributed by atoms with Gasteiger partial charge in [-0.1, -0.05) is 13.8 Å². The third-order valence-corrected chi connectivity index (χ3v) is 7.28. The summed E-state index contributed by atoms with van der Waals surface area (Å²) in [5.41, 5.74) is 10.7. The SMILES string of the molecule is CNc1cc(F)cc2c1Cc1nc(Oc3cnc(C(C)C)nc3)nc(N3C[C@H]4C[C@@H]3C[C@H]4N)c1-2. The molecule has 0 unspecified atom stereocenters. The summed E-state index contributed by atoms with van der Waals surface area (Å²) in [5.74, 6) is 2.43. The molecule has 0 amide bonds. The van der Waals surface area contributed by atoms with Crippen LogP contribution in [-0.4, -0.2) is 45.6 Å². The van der Waals surface area contributed by atoms with Gasteiger partial charge in [0.1, 0.15) is 17.5 Å². The highest BCUT2D eigenvalue weighted by Crippen LogP contribution is 2.49. The number of anilines is 2. The topological polar surface area (TPSA) is 102 Å². The van der Waals surface area contributed by atoms with Crippen LogP contribution in [0.2, 0.25) is 0 Å². The summed E-state index contributed by atoms with van der Waals surface area (Å²) in [6.45, 7) is 4.92. The average molecular weight is 462 g/mol. The summed E-state index contributed by atoms with van der Waals surface area (Å²) in [5, 5.41) is 3.13. The van der Waals surface area contributed by atoms with Gasteiger partial charge in [-0.25, -0.2) is 14.4 Å². The fourth-order valence-corrected chi connectivity index (χ4v) is 5.61. The second-order valence-electron chi connectivity index (χ2n) is 9.79. The van der Waals surface area contributed by atoms with Crippen molar-refractivity contribution in [3.63, 3.8) is 0 Å². The minimum absolute atomic E-state index is 0.226. The van der Waals surface area contributed by atoms with E-state index >= 15 is 0 Å². The molecule has 6 rings (SSSR count). The van der Waals surface area contributed by atoms with Crippen LogP contribution < -0.4 is 20.7 Å². The first-order valence-corrected chi connectivity index (χ1v) is 11.8. The lowest BCUT2D eigenvalue weighted by Gasteiger charge is -2.32. The van der Waals surface area contributed by atoms with Gasteiger partial charge >= 0.3 is 6.01 Å². The molecule has 2 aliphatic carbocycles. The molecule has 176 valence electrons. The number of halogens is 1. The fraction of sp³-hybridized carbons (Fsp3) is 0.440. The summed E-state index contributed by atoms with van der Waals surface area (Å²) in [4.78, 5) is 20.7. The maximum Gasteiger partial charge on any atom is 0.324 e. The molecule has 2 aromatic heterocycles. The quantitative estimate of drug-likeness (QED) is 0.462. The first-order chi connectivity index (χ1) is 16.4. The van der Waals surface area contributed by atoms with E-state index in [0.717, 1.165) is 59.1 Å². The first-order valence-electron chi connectivity index (χ1n) is 11.8. The van der Waals surface area contributed by atoms with Crippen LogP contribution in [0.1, 0.15) is 49.7 Å². The lowest BCUT2D eigenvalue weighted by atomic mass is 10.0. The van der Waals surface area contributed by atoms with E-state index in [2.05, 4.69) is 20.2 Å². The Bertz CT molecular complexity index is 1260. The van der Waals surface area contributed by atoms with E-state index < -0.39 is 0 Å². The van der Waals surface area contributed by atoms with Crippen molar-refractivity contribution >= 4 is 11.5 Å². The second-order valence-corrected chi connectivity index (χ2v) is 9.79. The van der Waals surface area contributed by atoms with Crippen molar-refractivity contribution in [1.82, 2.24) is 19.9 Å². The lowest BCUT2D eigenvalue weighted by molar-refractivity contribution is 0.431. The maximum atomic E-state index is 14.5. The van der Waals surface area contributed by atoms with E-state index in [-0.39, 0.29) is 23.8 Å². The number of fused-ring (bicyclic) bond motifs is 5. The number of nitrogens with zero attached hydrogens (tertiary/aromatic N) is 5. The van der Waals surface area contributed by atoms with Gasteiger partial charge in [-0.2, -0.15) is 9.97 Å². The Kier molecular flexibility index (Phi) is 4.91. The zero-order valence-electron chi connectivity index (χ0n) is 19.5. The molecule has 3 aliphatic rings. The molecule has 1 aromatic carbocycles. The summed E-state index contributed by atoms with van der Waals surface area (Å²) in [6, 6.07) is 3.92. The summed E-state index contributed by atoms with van der Waals surface area (Å²) in [7, 11) is 1.81. The average Bonchev–Trinajstić information content (AvgIpc) is 3.50. The Morgan fingerprint density at radius 1 is 1.18 bits per heavy atom. The molecule has 3 heterocycles. The Hall–Kier alpha value is -3.33. The van der Waals surface area contributed by atoms with E-state index in [1.54, 1.807) is 25.5 Å². The van der Waals surface area contributed by atoms with Gasteiger partial charge in [0, 0.05) is 49.3 Å². The Balaban J connectivity index is 1.44. The third kappa shape index (κ3) is 3.37. The molecule has 34 heavy (non-hydrogen) atoms. The van der Waals surface area contributed by atoms with Crippen LogP contribution in [-0.2, 0) is 6.42 Å². The van der Waals surface area contributed by atoms with Gasteiger partial charge < -0.3 is 20.7 Å². The molecule has 3 atom stereocenters. The van der Waals surface area contributed by atoms with Gasteiger partial charge in [0.05, 0.1) is 18.1 Å². The van der Waals surface area contributed by atoms with Gasteiger partial charge in [0.15, 0.2) is 5.75 Å². The molecule has 0 spiro atoms. The van der Waals surface area contributed by atoms with Crippen molar-refractivity contribution in [3.05, 3.63) is 47.4 Å². The van der Waals surface area contributed by atoms with Crippen molar-refractivity contribution in [2.75, 3.05) is 23.8 Å². The minimum atomic E-state index is -0.283. The molecule has 0 radical (unpaired) electrons. The van der Waals surface area contributed by atoms with E-state index in [4.69, 9.17) is 20.4 Å². The summed E-state index contributed by atoms with van der Waals surface area (Å²) in [6.07, 6.45) is 5.87. The van der Waals surface area contributed by atoms with Gasteiger partial charge in [0.25, 0.3) is 0 Å². The number of hydrogen-bond donors (Lipinski definition) is 2.